The van der Waals surface area contributed by atoms with Gasteiger partial charge in [-0.2, -0.15) is 5.10 Å². The number of rotatable bonds is 4. The van der Waals surface area contributed by atoms with Gasteiger partial charge in [0.05, 0.1) is 17.1 Å². The van der Waals surface area contributed by atoms with Crippen LogP contribution in [-0.4, -0.2) is 18.2 Å². The zero-order valence-electron chi connectivity index (χ0n) is 11.6. The minimum absolute atomic E-state index is 0.169. The summed E-state index contributed by atoms with van der Waals surface area (Å²) in [4.78, 5) is -0.962. The Kier molecular flexibility index (Phi) is 3.99. The molecule has 1 aromatic heterocycles. The number of sulfone groups is 1. The average Bonchev–Trinajstić information content (AvgIpc) is 2.67. The van der Waals surface area contributed by atoms with Gasteiger partial charge in [0, 0.05) is 12.7 Å². The molecule has 0 radical (unpaired) electrons. The van der Waals surface area contributed by atoms with E-state index in [-0.39, 0.29) is 5.69 Å². The first-order valence-electron chi connectivity index (χ1n) is 6.23. The summed E-state index contributed by atoms with van der Waals surface area (Å²) in [6.45, 7) is 1.87. The van der Waals surface area contributed by atoms with Crippen LogP contribution in [0.1, 0.15) is 18.3 Å². The number of halogens is 2. The van der Waals surface area contributed by atoms with E-state index in [2.05, 4.69) is 5.10 Å². The third-order valence-corrected chi connectivity index (χ3v) is 4.75. The number of hydrogen-bond donors (Lipinski definition) is 1. The zero-order valence-corrected chi connectivity index (χ0v) is 12.4. The molecule has 1 aromatic carbocycles. The van der Waals surface area contributed by atoms with Crippen molar-refractivity contribution in [2.24, 2.45) is 7.05 Å². The number of aryl methyl sites for hydroxylation is 2. The van der Waals surface area contributed by atoms with Crippen molar-refractivity contribution in [1.82, 2.24) is 9.78 Å². The van der Waals surface area contributed by atoms with E-state index in [4.69, 9.17) is 5.73 Å². The molecular formula is C13H15F2N3O2S. The van der Waals surface area contributed by atoms with Gasteiger partial charge in [0.15, 0.2) is 9.84 Å². The van der Waals surface area contributed by atoms with Gasteiger partial charge in [0.25, 0.3) is 0 Å². The summed E-state index contributed by atoms with van der Waals surface area (Å²) < 4.78 is 53.4. The number of nitrogens with two attached hydrogens (primary N) is 1. The van der Waals surface area contributed by atoms with Crippen molar-refractivity contribution in [2.45, 2.75) is 24.0 Å². The molecule has 2 aromatic rings. The fraction of sp³-hybridized carbons (Fsp3) is 0.308. The number of nitrogen functional groups attached to an aromatic ring is 1. The highest BCUT2D eigenvalue weighted by Crippen LogP contribution is 2.25. The van der Waals surface area contributed by atoms with Gasteiger partial charge < -0.3 is 5.73 Å². The van der Waals surface area contributed by atoms with E-state index in [0.29, 0.717) is 17.8 Å². The first-order valence-corrected chi connectivity index (χ1v) is 7.89. The Labute approximate surface area is 121 Å². The highest BCUT2D eigenvalue weighted by molar-refractivity contribution is 7.90. The Morgan fingerprint density at radius 2 is 1.81 bits per heavy atom. The van der Waals surface area contributed by atoms with Crippen molar-refractivity contribution in [3.8, 4) is 0 Å². The van der Waals surface area contributed by atoms with Crippen LogP contribution in [-0.2, 0) is 29.1 Å². The number of aromatic nitrogens is 2. The largest absolute Gasteiger partial charge is 0.399 e. The molecule has 8 heteroatoms. The lowest BCUT2D eigenvalue weighted by Crippen LogP contribution is -2.12. The van der Waals surface area contributed by atoms with Crippen molar-refractivity contribution in [3.63, 3.8) is 0 Å². The topological polar surface area (TPSA) is 78.0 Å². The number of anilines is 1. The van der Waals surface area contributed by atoms with Crippen molar-refractivity contribution in [3.05, 3.63) is 41.2 Å². The lowest BCUT2D eigenvalue weighted by Gasteiger charge is -2.08. The van der Waals surface area contributed by atoms with Gasteiger partial charge in [-0.25, -0.2) is 17.2 Å². The zero-order chi connectivity index (χ0) is 15.8. The van der Waals surface area contributed by atoms with E-state index in [1.807, 2.05) is 6.92 Å². The lowest BCUT2D eigenvalue weighted by atomic mass is 10.3. The van der Waals surface area contributed by atoms with Crippen molar-refractivity contribution in [1.29, 1.82) is 0 Å². The maximum absolute atomic E-state index is 13.8. The Balaban J connectivity index is 2.46. The molecular weight excluding hydrogens is 300 g/mol. The molecule has 0 fully saturated rings. The van der Waals surface area contributed by atoms with E-state index < -0.39 is 32.1 Å². The quantitative estimate of drug-likeness (QED) is 0.873. The van der Waals surface area contributed by atoms with Crippen LogP contribution >= 0.6 is 0 Å². The van der Waals surface area contributed by atoms with Crippen LogP contribution in [0.15, 0.2) is 23.1 Å². The molecule has 0 saturated carbocycles. The Hall–Kier alpha value is -1.96. The van der Waals surface area contributed by atoms with E-state index in [9.17, 15) is 17.2 Å². The maximum Gasteiger partial charge on any atom is 0.189 e. The predicted octanol–water partition coefficient (Wildman–Crippen LogP) is 1.82. The fourth-order valence-corrected chi connectivity index (χ4v) is 3.54. The molecule has 2 N–H and O–H groups in total. The highest BCUT2D eigenvalue weighted by Gasteiger charge is 2.26. The SMILES string of the molecule is CCc1cc(CS(=O)(=O)c2c(F)cc(N)cc2F)n(C)n1. The summed E-state index contributed by atoms with van der Waals surface area (Å²) >= 11 is 0. The van der Waals surface area contributed by atoms with Crippen molar-refractivity contribution in [2.75, 3.05) is 5.73 Å². The molecule has 1 heterocycles. The van der Waals surface area contributed by atoms with Crippen LogP contribution in [0.25, 0.3) is 0 Å². The molecule has 0 bridgehead atoms. The fourth-order valence-electron chi connectivity index (χ4n) is 2.02. The number of benzene rings is 1. The average molecular weight is 315 g/mol. The first kappa shape index (κ1) is 15.4. The highest BCUT2D eigenvalue weighted by atomic mass is 32.2. The second-order valence-corrected chi connectivity index (χ2v) is 6.60. The van der Waals surface area contributed by atoms with E-state index >= 15 is 0 Å². The van der Waals surface area contributed by atoms with Crippen LogP contribution < -0.4 is 5.73 Å². The summed E-state index contributed by atoms with van der Waals surface area (Å²) in [7, 11) is -2.59. The minimum atomic E-state index is -4.18. The summed E-state index contributed by atoms with van der Waals surface area (Å²) in [6.07, 6.45) is 0.637. The lowest BCUT2D eigenvalue weighted by molar-refractivity contribution is 0.519. The molecule has 0 aliphatic heterocycles. The third kappa shape index (κ3) is 3.05. The van der Waals surface area contributed by atoms with Crippen LogP contribution in [0.5, 0.6) is 0 Å². The molecule has 0 amide bonds. The summed E-state index contributed by atoms with van der Waals surface area (Å²) in [5, 5.41) is 4.11. The minimum Gasteiger partial charge on any atom is -0.399 e. The molecule has 0 atom stereocenters. The van der Waals surface area contributed by atoms with Crippen LogP contribution in [0.4, 0.5) is 14.5 Å². The molecule has 0 aliphatic carbocycles. The normalized spacial score (nSPS) is 11.8. The molecule has 5 nitrogen and oxygen atoms in total. The van der Waals surface area contributed by atoms with Crippen LogP contribution in [0.3, 0.4) is 0 Å². The Morgan fingerprint density at radius 1 is 1.24 bits per heavy atom. The molecule has 0 unspecified atom stereocenters. The van der Waals surface area contributed by atoms with E-state index in [0.717, 1.165) is 12.1 Å². The summed E-state index contributed by atoms with van der Waals surface area (Å²) in [5.74, 6) is -2.91. The third-order valence-electron chi connectivity index (χ3n) is 3.06. The monoisotopic (exact) mass is 315 g/mol. The molecule has 21 heavy (non-hydrogen) atoms. The van der Waals surface area contributed by atoms with Crippen molar-refractivity contribution < 1.29 is 17.2 Å². The number of hydrogen-bond acceptors (Lipinski definition) is 4. The maximum atomic E-state index is 13.8. The smallest absolute Gasteiger partial charge is 0.189 e. The van der Waals surface area contributed by atoms with Gasteiger partial charge >= 0.3 is 0 Å². The molecule has 114 valence electrons. The standard InChI is InChI=1S/C13H15F2N3O2S/c1-3-9-6-10(18(2)17-9)7-21(19,20)13-11(14)4-8(16)5-12(13)15/h4-6H,3,7,16H2,1-2H3. The molecule has 0 saturated heterocycles. The number of nitrogens with zero attached hydrogens (tertiary/aromatic N) is 2. The van der Waals surface area contributed by atoms with Gasteiger partial charge in [0.2, 0.25) is 0 Å². The van der Waals surface area contributed by atoms with Crippen LogP contribution in [0, 0.1) is 11.6 Å². The Bertz CT molecular complexity index is 762. The van der Waals surface area contributed by atoms with Crippen LogP contribution in [0.2, 0.25) is 0 Å². The van der Waals surface area contributed by atoms with Gasteiger partial charge in [-0.15, -0.1) is 0 Å². The van der Waals surface area contributed by atoms with Gasteiger partial charge in [-0.1, -0.05) is 6.92 Å². The molecule has 0 aliphatic rings. The Morgan fingerprint density at radius 3 is 2.29 bits per heavy atom. The van der Waals surface area contributed by atoms with Gasteiger partial charge in [0.1, 0.15) is 16.5 Å². The van der Waals surface area contributed by atoms with E-state index in [1.54, 1.807) is 13.1 Å². The molecule has 0 spiro atoms. The molecule has 2 rings (SSSR count). The van der Waals surface area contributed by atoms with E-state index in [1.165, 1.54) is 4.68 Å². The second kappa shape index (κ2) is 5.44. The second-order valence-electron chi connectivity index (χ2n) is 4.68. The predicted molar refractivity (Wildman–Crippen MR) is 74.2 cm³/mol. The van der Waals surface area contributed by atoms with Gasteiger partial charge in [-0.05, 0) is 24.6 Å². The first-order chi connectivity index (χ1) is 9.74. The van der Waals surface area contributed by atoms with Crippen molar-refractivity contribution >= 4 is 15.5 Å². The summed E-state index contributed by atoms with van der Waals surface area (Å²) in [6, 6.07) is 3.18. The van der Waals surface area contributed by atoms with Gasteiger partial charge in [-0.3, -0.25) is 4.68 Å². The summed E-state index contributed by atoms with van der Waals surface area (Å²) in [5.41, 5.74) is 6.18.